The maximum absolute atomic E-state index is 12.6. The Morgan fingerprint density at radius 2 is 2.08 bits per heavy atom. The number of nitrogens with two attached hydrogens (primary N) is 1. The van der Waals surface area contributed by atoms with Gasteiger partial charge < -0.3 is 10.6 Å². The second kappa shape index (κ2) is 8.31. The van der Waals surface area contributed by atoms with Crippen LogP contribution in [-0.4, -0.2) is 39.2 Å². The van der Waals surface area contributed by atoms with E-state index in [0.717, 1.165) is 37.1 Å². The third-order valence-electron chi connectivity index (χ3n) is 4.54. The lowest BCUT2D eigenvalue weighted by Crippen LogP contribution is -2.52. The minimum Gasteiger partial charge on any atom is -0.338 e. The molecule has 6 heteroatoms. The standard InChI is InChI=1S/C18H24N4O.ClH/c1-14(19)17-5-2-3-11-21(17)18(23)13-15-6-8-16(9-7-15)22-12-4-10-20-22;/h4,6-10,12,14,17H,2-3,5,11,13,19H2,1H3;1H. The first kappa shape index (κ1) is 18.5. The van der Waals surface area contributed by atoms with E-state index in [1.807, 2.05) is 53.0 Å². The monoisotopic (exact) mass is 348 g/mol. The number of benzene rings is 1. The molecular weight excluding hydrogens is 324 g/mol. The van der Waals surface area contributed by atoms with Gasteiger partial charge in [0.2, 0.25) is 5.91 Å². The molecule has 1 saturated heterocycles. The van der Waals surface area contributed by atoms with E-state index >= 15 is 0 Å². The largest absolute Gasteiger partial charge is 0.338 e. The van der Waals surface area contributed by atoms with Crippen molar-refractivity contribution < 1.29 is 4.79 Å². The predicted molar refractivity (Wildman–Crippen MR) is 97.5 cm³/mol. The van der Waals surface area contributed by atoms with Crippen molar-refractivity contribution in [3.8, 4) is 5.69 Å². The molecule has 2 heterocycles. The molecule has 2 unspecified atom stereocenters. The zero-order valence-electron chi connectivity index (χ0n) is 14.0. The number of aromatic nitrogens is 2. The number of likely N-dealkylation sites (tertiary alicyclic amines) is 1. The van der Waals surface area contributed by atoms with Crippen molar-refractivity contribution in [1.82, 2.24) is 14.7 Å². The first-order valence-electron chi connectivity index (χ1n) is 8.29. The van der Waals surface area contributed by atoms with Crippen LogP contribution in [0.25, 0.3) is 5.69 Å². The Morgan fingerprint density at radius 3 is 2.71 bits per heavy atom. The van der Waals surface area contributed by atoms with Gasteiger partial charge in [-0.2, -0.15) is 5.10 Å². The fourth-order valence-electron chi connectivity index (χ4n) is 3.28. The molecule has 3 rings (SSSR count). The summed E-state index contributed by atoms with van der Waals surface area (Å²) < 4.78 is 1.81. The van der Waals surface area contributed by atoms with Crippen LogP contribution in [0.15, 0.2) is 42.7 Å². The van der Waals surface area contributed by atoms with Gasteiger partial charge in [0.25, 0.3) is 0 Å². The number of amides is 1. The molecule has 1 aromatic carbocycles. The molecule has 1 aromatic heterocycles. The van der Waals surface area contributed by atoms with Crippen molar-refractivity contribution >= 4 is 18.3 Å². The molecule has 1 aliphatic heterocycles. The summed E-state index contributed by atoms with van der Waals surface area (Å²) in [5.74, 6) is 0.179. The van der Waals surface area contributed by atoms with Crippen LogP contribution in [0.4, 0.5) is 0 Å². The second-order valence-corrected chi connectivity index (χ2v) is 6.30. The molecule has 1 amide bonds. The minimum atomic E-state index is 0. The summed E-state index contributed by atoms with van der Waals surface area (Å²) in [5, 5.41) is 4.21. The van der Waals surface area contributed by atoms with Crippen LogP contribution in [0, 0.1) is 0 Å². The molecule has 0 bridgehead atoms. The highest BCUT2D eigenvalue weighted by Crippen LogP contribution is 2.20. The van der Waals surface area contributed by atoms with Crippen LogP contribution < -0.4 is 5.73 Å². The van der Waals surface area contributed by atoms with Crippen molar-refractivity contribution in [3.63, 3.8) is 0 Å². The van der Waals surface area contributed by atoms with E-state index in [4.69, 9.17) is 5.73 Å². The van der Waals surface area contributed by atoms with Crippen LogP contribution in [-0.2, 0) is 11.2 Å². The summed E-state index contributed by atoms with van der Waals surface area (Å²) in [6.07, 6.45) is 7.34. The lowest BCUT2D eigenvalue weighted by Gasteiger charge is -2.38. The number of halogens is 1. The maximum Gasteiger partial charge on any atom is 0.227 e. The zero-order chi connectivity index (χ0) is 16.2. The van der Waals surface area contributed by atoms with E-state index in [0.29, 0.717) is 6.42 Å². The van der Waals surface area contributed by atoms with Gasteiger partial charge in [-0.25, -0.2) is 4.68 Å². The average Bonchev–Trinajstić information content (AvgIpc) is 3.10. The molecule has 0 saturated carbocycles. The molecular formula is C18H25ClN4O. The molecule has 0 radical (unpaired) electrons. The van der Waals surface area contributed by atoms with E-state index in [9.17, 15) is 4.79 Å². The van der Waals surface area contributed by atoms with Crippen LogP contribution in [0.5, 0.6) is 0 Å². The number of carbonyl (C=O) groups excluding carboxylic acids is 1. The quantitative estimate of drug-likeness (QED) is 0.923. The van der Waals surface area contributed by atoms with Crippen LogP contribution >= 0.6 is 12.4 Å². The van der Waals surface area contributed by atoms with E-state index < -0.39 is 0 Å². The third-order valence-corrected chi connectivity index (χ3v) is 4.54. The van der Waals surface area contributed by atoms with Gasteiger partial charge >= 0.3 is 0 Å². The van der Waals surface area contributed by atoms with Crippen molar-refractivity contribution in [2.45, 2.75) is 44.7 Å². The van der Waals surface area contributed by atoms with E-state index in [-0.39, 0.29) is 30.4 Å². The molecule has 0 spiro atoms. The van der Waals surface area contributed by atoms with E-state index in [1.54, 1.807) is 6.20 Å². The molecule has 1 fully saturated rings. The normalized spacial score (nSPS) is 18.8. The number of hydrogen-bond acceptors (Lipinski definition) is 3. The number of rotatable bonds is 4. The van der Waals surface area contributed by atoms with Crippen LogP contribution in [0.1, 0.15) is 31.7 Å². The molecule has 1 aliphatic rings. The predicted octanol–water partition coefficient (Wildman–Crippen LogP) is 2.56. The highest BCUT2D eigenvalue weighted by atomic mass is 35.5. The highest BCUT2D eigenvalue weighted by Gasteiger charge is 2.28. The molecule has 24 heavy (non-hydrogen) atoms. The Morgan fingerprint density at radius 1 is 1.33 bits per heavy atom. The summed E-state index contributed by atoms with van der Waals surface area (Å²) in [6.45, 7) is 2.82. The first-order chi connectivity index (χ1) is 11.1. The zero-order valence-corrected chi connectivity index (χ0v) is 14.8. The van der Waals surface area contributed by atoms with Gasteiger partial charge in [0, 0.05) is 31.0 Å². The Balaban J connectivity index is 0.00000208. The lowest BCUT2D eigenvalue weighted by atomic mass is 9.96. The Bertz CT molecular complexity index is 640. The van der Waals surface area contributed by atoms with Crippen molar-refractivity contribution in [2.24, 2.45) is 5.73 Å². The fourth-order valence-corrected chi connectivity index (χ4v) is 3.28. The van der Waals surface area contributed by atoms with Crippen molar-refractivity contribution in [2.75, 3.05) is 6.54 Å². The number of nitrogens with zero attached hydrogens (tertiary/aromatic N) is 3. The van der Waals surface area contributed by atoms with E-state index in [2.05, 4.69) is 5.10 Å². The van der Waals surface area contributed by atoms with Gasteiger partial charge in [-0.3, -0.25) is 4.79 Å². The highest BCUT2D eigenvalue weighted by molar-refractivity contribution is 5.85. The number of piperidine rings is 1. The van der Waals surface area contributed by atoms with Gasteiger partial charge in [-0.15, -0.1) is 12.4 Å². The summed E-state index contributed by atoms with van der Waals surface area (Å²) in [5.41, 5.74) is 8.08. The molecule has 5 nitrogen and oxygen atoms in total. The summed E-state index contributed by atoms with van der Waals surface area (Å²) >= 11 is 0. The smallest absolute Gasteiger partial charge is 0.227 e. The Kier molecular flexibility index (Phi) is 6.40. The second-order valence-electron chi connectivity index (χ2n) is 6.30. The van der Waals surface area contributed by atoms with Gasteiger partial charge in [-0.05, 0) is 49.9 Å². The van der Waals surface area contributed by atoms with E-state index in [1.165, 1.54) is 0 Å². The fraction of sp³-hybridized carbons (Fsp3) is 0.444. The first-order valence-corrected chi connectivity index (χ1v) is 8.29. The molecule has 2 atom stereocenters. The SMILES string of the molecule is CC(N)C1CCCCN1C(=O)Cc1ccc(-n2cccn2)cc1.Cl. The topological polar surface area (TPSA) is 64.2 Å². The maximum atomic E-state index is 12.6. The van der Waals surface area contributed by atoms with Crippen molar-refractivity contribution in [1.29, 1.82) is 0 Å². The Hall–Kier alpha value is -1.85. The summed E-state index contributed by atoms with van der Waals surface area (Å²) in [4.78, 5) is 14.6. The van der Waals surface area contributed by atoms with Gasteiger partial charge in [0.1, 0.15) is 0 Å². The van der Waals surface area contributed by atoms with Crippen molar-refractivity contribution in [3.05, 3.63) is 48.3 Å². The minimum absolute atomic E-state index is 0. The van der Waals surface area contributed by atoms with Gasteiger partial charge in [0.05, 0.1) is 12.1 Å². The molecule has 2 N–H and O–H groups in total. The lowest BCUT2D eigenvalue weighted by molar-refractivity contribution is -0.134. The summed E-state index contributed by atoms with van der Waals surface area (Å²) in [7, 11) is 0. The molecule has 0 aliphatic carbocycles. The van der Waals surface area contributed by atoms with Crippen LogP contribution in [0.3, 0.4) is 0 Å². The number of hydrogen-bond donors (Lipinski definition) is 1. The third kappa shape index (κ3) is 4.16. The van der Waals surface area contributed by atoms with Gasteiger partial charge in [-0.1, -0.05) is 12.1 Å². The number of carbonyl (C=O) groups is 1. The summed E-state index contributed by atoms with van der Waals surface area (Å²) in [6, 6.07) is 10.1. The average molecular weight is 349 g/mol. The van der Waals surface area contributed by atoms with Crippen LogP contribution in [0.2, 0.25) is 0 Å². The van der Waals surface area contributed by atoms with Gasteiger partial charge in [0.15, 0.2) is 0 Å². The molecule has 2 aromatic rings. The Labute approximate surface area is 149 Å². The molecule has 130 valence electrons.